The zero-order chi connectivity index (χ0) is 19.9. The predicted octanol–water partition coefficient (Wildman–Crippen LogP) is 3.09. The fourth-order valence-corrected chi connectivity index (χ4v) is 3.34. The Labute approximate surface area is 157 Å². The van der Waals surface area contributed by atoms with Crippen LogP contribution in [-0.2, 0) is 19.5 Å². The summed E-state index contributed by atoms with van der Waals surface area (Å²) in [4.78, 5) is 12.4. The Morgan fingerprint density at radius 2 is 2.21 bits per heavy atom. The first kappa shape index (κ1) is 18.3. The largest absolute Gasteiger partial charge is 0.493 e. The molecule has 4 rings (SSSR count). The Balaban J connectivity index is 1.49. The molecule has 1 aliphatic rings. The van der Waals surface area contributed by atoms with Gasteiger partial charge >= 0.3 is 6.18 Å². The van der Waals surface area contributed by atoms with Gasteiger partial charge in [0.05, 0.1) is 19.6 Å². The number of methoxy groups -OCH3 is 1. The molecule has 0 unspecified atom stereocenters. The molecule has 1 amide bonds. The molecule has 1 aliphatic heterocycles. The maximum absolute atomic E-state index is 13.0. The number of fused-ring (bicyclic) bond motifs is 2. The van der Waals surface area contributed by atoms with E-state index in [2.05, 4.69) is 15.5 Å². The van der Waals surface area contributed by atoms with Gasteiger partial charge in [-0.2, -0.15) is 13.2 Å². The number of nitrogens with one attached hydrogen (secondary N) is 1. The number of benzene rings is 1. The molecule has 3 aromatic rings. The number of alkyl halides is 3. The predicted molar refractivity (Wildman–Crippen MR) is 91.8 cm³/mol. The number of aryl methyl sites for hydroxylation is 1. The molecule has 0 spiro atoms. The van der Waals surface area contributed by atoms with Crippen LogP contribution in [0.4, 0.5) is 13.2 Å². The van der Waals surface area contributed by atoms with Gasteiger partial charge in [-0.3, -0.25) is 4.79 Å². The smallest absolute Gasteiger partial charge is 0.393 e. The molecule has 7 nitrogen and oxygen atoms in total. The molecule has 0 bridgehead atoms. The average Bonchev–Trinajstić information content (AvgIpc) is 3.28. The molecule has 3 heterocycles. The number of para-hydroxylation sites is 1. The standard InChI is InChI=1S/C18H17F3N4O3/c1-27-12-4-2-3-10-7-13(28-16(10)12)17(26)22-8-15-24-23-14-6-5-11(9-25(14)15)18(19,20)21/h2-4,7,11H,5-6,8-9H2,1H3,(H,22,26)/t11-/m1/s1. The maximum atomic E-state index is 13.0. The molecule has 2 aromatic heterocycles. The number of aromatic nitrogens is 3. The summed E-state index contributed by atoms with van der Waals surface area (Å²) in [5.74, 6) is -0.580. The summed E-state index contributed by atoms with van der Waals surface area (Å²) in [6, 6.07) is 6.85. The van der Waals surface area contributed by atoms with Crippen LogP contribution in [0.15, 0.2) is 28.7 Å². The van der Waals surface area contributed by atoms with E-state index in [1.165, 1.54) is 11.7 Å². The third-order valence-corrected chi connectivity index (χ3v) is 4.85. The lowest BCUT2D eigenvalue weighted by atomic mass is 9.99. The van der Waals surface area contributed by atoms with Crippen LogP contribution >= 0.6 is 0 Å². The minimum atomic E-state index is -4.27. The van der Waals surface area contributed by atoms with Crippen LogP contribution in [0.1, 0.15) is 28.6 Å². The van der Waals surface area contributed by atoms with Crippen LogP contribution in [0.25, 0.3) is 11.0 Å². The fourth-order valence-electron chi connectivity index (χ4n) is 3.34. The van der Waals surface area contributed by atoms with Gasteiger partial charge in [0.25, 0.3) is 5.91 Å². The molecule has 1 atom stereocenters. The van der Waals surface area contributed by atoms with Crippen LogP contribution in [0.5, 0.6) is 5.75 Å². The molecule has 148 valence electrons. The topological polar surface area (TPSA) is 82.2 Å². The quantitative estimate of drug-likeness (QED) is 0.735. The van der Waals surface area contributed by atoms with E-state index in [4.69, 9.17) is 9.15 Å². The number of carbonyl (C=O) groups is 1. The molecule has 28 heavy (non-hydrogen) atoms. The van der Waals surface area contributed by atoms with Crippen LogP contribution < -0.4 is 10.1 Å². The van der Waals surface area contributed by atoms with E-state index >= 15 is 0 Å². The fraction of sp³-hybridized carbons (Fsp3) is 0.389. The summed E-state index contributed by atoms with van der Waals surface area (Å²) < 4.78 is 51.3. The minimum absolute atomic E-state index is 0.00515. The van der Waals surface area contributed by atoms with Crippen LogP contribution in [0.2, 0.25) is 0 Å². The lowest BCUT2D eigenvalue weighted by molar-refractivity contribution is -0.182. The van der Waals surface area contributed by atoms with Gasteiger partial charge in [0.1, 0.15) is 5.82 Å². The number of nitrogens with zero attached hydrogens (tertiary/aromatic N) is 3. The third-order valence-electron chi connectivity index (χ3n) is 4.85. The summed E-state index contributed by atoms with van der Waals surface area (Å²) >= 11 is 0. The Morgan fingerprint density at radius 1 is 1.39 bits per heavy atom. The number of ether oxygens (including phenoxy) is 1. The first-order valence-electron chi connectivity index (χ1n) is 8.69. The SMILES string of the molecule is COc1cccc2cc(C(=O)NCc3nnc4n3C[C@H](C(F)(F)F)CC4)oc12. The van der Waals surface area contributed by atoms with Crippen molar-refractivity contribution in [1.82, 2.24) is 20.1 Å². The zero-order valence-corrected chi connectivity index (χ0v) is 14.9. The van der Waals surface area contributed by atoms with Crippen molar-refractivity contribution in [2.24, 2.45) is 5.92 Å². The van der Waals surface area contributed by atoms with Gasteiger partial charge in [0.15, 0.2) is 22.9 Å². The highest BCUT2D eigenvalue weighted by molar-refractivity contribution is 5.97. The lowest BCUT2D eigenvalue weighted by Gasteiger charge is -2.26. The summed E-state index contributed by atoms with van der Waals surface area (Å²) in [6.07, 6.45) is -4.07. The van der Waals surface area contributed by atoms with Crippen LogP contribution in [0, 0.1) is 5.92 Å². The second-order valence-electron chi connectivity index (χ2n) is 6.59. The van der Waals surface area contributed by atoms with Gasteiger partial charge in [-0.1, -0.05) is 12.1 Å². The molecule has 0 saturated heterocycles. The van der Waals surface area contributed by atoms with E-state index < -0.39 is 18.0 Å². The molecule has 10 heteroatoms. The lowest BCUT2D eigenvalue weighted by Crippen LogP contribution is -2.33. The van der Waals surface area contributed by atoms with E-state index in [-0.39, 0.29) is 37.5 Å². The molecule has 1 N–H and O–H groups in total. The highest BCUT2D eigenvalue weighted by atomic mass is 19.4. The zero-order valence-electron chi connectivity index (χ0n) is 14.9. The first-order chi connectivity index (χ1) is 13.4. The first-order valence-corrected chi connectivity index (χ1v) is 8.69. The van der Waals surface area contributed by atoms with Gasteiger partial charge in [0, 0.05) is 18.4 Å². The van der Waals surface area contributed by atoms with Crippen molar-refractivity contribution >= 4 is 16.9 Å². The third kappa shape index (κ3) is 3.30. The summed E-state index contributed by atoms with van der Waals surface area (Å²) in [5.41, 5.74) is 0.447. The minimum Gasteiger partial charge on any atom is -0.493 e. The Morgan fingerprint density at radius 3 is 2.96 bits per heavy atom. The van der Waals surface area contributed by atoms with E-state index in [0.717, 1.165) is 0 Å². The number of carbonyl (C=O) groups excluding carboxylic acids is 1. The molecule has 0 radical (unpaired) electrons. The highest BCUT2D eigenvalue weighted by Crippen LogP contribution is 2.34. The van der Waals surface area contributed by atoms with Gasteiger partial charge in [-0.25, -0.2) is 0 Å². The normalized spacial score (nSPS) is 16.8. The van der Waals surface area contributed by atoms with Crippen molar-refractivity contribution in [3.63, 3.8) is 0 Å². The van der Waals surface area contributed by atoms with Crippen molar-refractivity contribution in [2.75, 3.05) is 7.11 Å². The highest BCUT2D eigenvalue weighted by Gasteiger charge is 2.42. The number of hydrogen-bond donors (Lipinski definition) is 1. The summed E-state index contributed by atoms with van der Waals surface area (Å²) in [7, 11) is 1.50. The number of hydrogen-bond acceptors (Lipinski definition) is 5. The maximum Gasteiger partial charge on any atom is 0.393 e. The monoisotopic (exact) mass is 394 g/mol. The van der Waals surface area contributed by atoms with Crippen molar-refractivity contribution in [2.45, 2.75) is 32.1 Å². The molecular formula is C18H17F3N4O3. The molecule has 0 aliphatic carbocycles. The van der Waals surface area contributed by atoms with Crippen molar-refractivity contribution in [3.05, 3.63) is 41.7 Å². The van der Waals surface area contributed by atoms with E-state index in [1.807, 2.05) is 0 Å². The van der Waals surface area contributed by atoms with Crippen molar-refractivity contribution < 1.29 is 27.1 Å². The van der Waals surface area contributed by atoms with E-state index in [1.54, 1.807) is 24.3 Å². The van der Waals surface area contributed by atoms with Crippen LogP contribution in [-0.4, -0.2) is 34.0 Å². The van der Waals surface area contributed by atoms with Gasteiger partial charge < -0.3 is 19.0 Å². The van der Waals surface area contributed by atoms with Gasteiger partial charge in [-0.05, 0) is 18.6 Å². The number of amides is 1. The summed E-state index contributed by atoms with van der Waals surface area (Å²) in [5, 5.41) is 11.2. The van der Waals surface area contributed by atoms with Crippen molar-refractivity contribution in [1.29, 1.82) is 0 Å². The number of rotatable bonds is 4. The molecule has 0 fully saturated rings. The Bertz CT molecular complexity index is 1020. The number of furan rings is 1. The van der Waals surface area contributed by atoms with Gasteiger partial charge in [0.2, 0.25) is 0 Å². The van der Waals surface area contributed by atoms with Crippen molar-refractivity contribution in [3.8, 4) is 5.75 Å². The van der Waals surface area contributed by atoms with E-state index in [9.17, 15) is 18.0 Å². The second-order valence-corrected chi connectivity index (χ2v) is 6.59. The average molecular weight is 394 g/mol. The molecule has 1 aromatic carbocycles. The Kier molecular flexibility index (Phi) is 4.48. The number of halogens is 3. The second kappa shape index (κ2) is 6.84. The molecular weight excluding hydrogens is 377 g/mol. The molecule has 0 saturated carbocycles. The summed E-state index contributed by atoms with van der Waals surface area (Å²) in [6.45, 7) is -0.288. The van der Waals surface area contributed by atoms with Gasteiger partial charge in [-0.15, -0.1) is 10.2 Å². The Hall–Kier alpha value is -3.04. The van der Waals surface area contributed by atoms with E-state index in [0.29, 0.717) is 22.5 Å². The van der Waals surface area contributed by atoms with Crippen LogP contribution in [0.3, 0.4) is 0 Å².